The summed E-state index contributed by atoms with van der Waals surface area (Å²) < 4.78 is 56.5. The van der Waals surface area contributed by atoms with E-state index in [9.17, 15) is 27.1 Å². The second-order valence-corrected chi connectivity index (χ2v) is 8.55. The normalized spacial score (nSPS) is 26.7. The van der Waals surface area contributed by atoms with Crippen LogP contribution in [0.3, 0.4) is 0 Å². The maximum absolute atomic E-state index is 13.1. The Bertz CT molecular complexity index is 753. The van der Waals surface area contributed by atoms with Crippen molar-refractivity contribution in [2.24, 2.45) is 5.92 Å². The number of alkyl halides is 2. The molecule has 1 saturated carbocycles. The molecule has 2 fully saturated rings. The first kappa shape index (κ1) is 19.0. The van der Waals surface area contributed by atoms with Gasteiger partial charge in [0.2, 0.25) is 10.0 Å². The Kier molecular flexibility index (Phi) is 5.47. The van der Waals surface area contributed by atoms with Crippen LogP contribution in [-0.4, -0.2) is 48.9 Å². The van der Waals surface area contributed by atoms with Gasteiger partial charge >= 0.3 is 5.97 Å². The first-order valence-corrected chi connectivity index (χ1v) is 10.0. The van der Waals surface area contributed by atoms with E-state index in [0.717, 1.165) is 23.6 Å². The minimum absolute atomic E-state index is 0.0561. The Morgan fingerprint density at radius 1 is 1.23 bits per heavy atom. The molecule has 0 amide bonds. The number of carbonyl (C=O) groups is 1. The summed E-state index contributed by atoms with van der Waals surface area (Å²) in [5.74, 6) is -0.941. The highest BCUT2D eigenvalue weighted by atomic mass is 32.2. The summed E-state index contributed by atoms with van der Waals surface area (Å²) in [7, 11) is -4.00. The third-order valence-electron chi connectivity index (χ3n) is 5.09. The highest BCUT2D eigenvalue weighted by Gasteiger charge is 2.51. The monoisotopic (exact) mass is 389 g/mol. The van der Waals surface area contributed by atoms with E-state index in [1.54, 1.807) is 0 Å². The number of benzene rings is 1. The fraction of sp³-hybridized carbons (Fsp3) is 0.588. The number of carboxylic acids is 1. The van der Waals surface area contributed by atoms with Crippen LogP contribution >= 0.6 is 0 Å². The largest absolute Gasteiger partial charge is 0.488 e. The SMILES string of the molecule is O=C(O)C1CC2CCCCC2N1S(=O)(=O)c1ccc(OCC(F)F)cc1. The van der Waals surface area contributed by atoms with Crippen LogP contribution in [0.25, 0.3) is 0 Å². The van der Waals surface area contributed by atoms with E-state index in [0.29, 0.717) is 12.8 Å². The van der Waals surface area contributed by atoms with Gasteiger partial charge in [0.15, 0.2) is 0 Å². The third-order valence-corrected chi connectivity index (χ3v) is 7.04. The number of nitrogens with zero attached hydrogens (tertiary/aromatic N) is 1. The number of aliphatic carboxylic acids is 1. The fourth-order valence-corrected chi connectivity index (χ4v) is 5.83. The smallest absolute Gasteiger partial charge is 0.322 e. The molecule has 6 nitrogen and oxygen atoms in total. The van der Waals surface area contributed by atoms with Gasteiger partial charge in [-0.25, -0.2) is 17.2 Å². The summed E-state index contributed by atoms with van der Waals surface area (Å²) in [6.07, 6.45) is 1.05. The van der Waals surface area contributed by atoms with Gasteiger partial charge in [0, 0.05) is 6.04 Å². The number of fused-ring (bicyclic) bond motifs is 1. The third kappa shape index (κ3) is 3.68. The van der Waals surface area contributed by atoms with Gasteiger partial charge < -0.3 is 9.84 Å². The number of hydrogen-bond donors (Lipinski definition) is 1. The molecule has 26 heavy (non-hydrogen) atoms. The Balaban J connectivity index is 1.86. The number of halogens is 2. The molecule has 144 valence electrons. The summed E-state index contributed by atoms with van der Waals surface area (Å²) in [6, 6.07) is 3.78. The molecule has 1 aliphatic heterocycles. The molecule has 1 aliphatic carbocycles. The molecule has 9 heteroatoms. The maximum atomic E-state index is 13.1. The van der Waals surface area contributed by atoms with Crippen molar-refractivity contribution in [2.75, 3.05) is 6.61 Å². The lowest BCUT2D eigenvalue weighted by Crippen LogP contribution is -2.46. The van der Waals surface area contributed by atoms with Crippen molar-refractivity contribution in [3.8, 4) is 5.75 Å². The van der Waals surface area contributed by atoms with E-state index in [1.165, 1.54) is 24.3 Å². The molecular formula is C17H21F2NO5S. The molecule has 1 heterocycles. The number of rotatable bonds is 6. The molecule has 3 rings (SSSR count). The van der Waals surface area contributed by atoms with Gasteiger partial charge in [-0.15, -0.1) is 0 Å². The van der Waals surface area contributed by atoms with Crippen molar-refractivity contribution in [1.29, 1.82) is 0 Å². The standard InChI is InChI=1S/C17H21F2NO5S/c18-16(19)10-25-12-5-7-13(8-6-12)26(23,24)20-14-4-2-1-3-11(14)9-15(20)17(21)22/h5-8,11,14-16H,1-4,9-10H2,(H,21,22). The molecule has 3 unspecified atom stereocenters. The quantitative estimate of drug-likeness (QED) is 0.809. The molecule has 1 N–H and O–H groups in total. The average Bonchev–Trinajstić information content (AvgIpc) is 3.01. The van der Waals surface area contributed by atoms with Crippen LogP contribution in [0, 0.1) is 5.92 Å². The first-order chi connectivity index (χ1) is 12.3. The van der Waals surface area contributed by atoms with Crippen molar-refractivity contribution < 1.29 is 31.8 Å². The molecular weight excluding hydrogens is 368 g/mol. The Morgan fingerprint density at radius 2 is 1.88 bits per heavy atom. The topological polar surface area (TPSA) is 83.9 Å². The summed E-state index contributed by atoms with van der Waals surface area (Å²) in [5.41, 5.74) is 0. The minimum atomic E-state index is -4.00. The highest BCUT2D eigenvalue weighted by molar-refractivity contribution is 7.89. The lowest BCUT2D eigenvalue weighted by Gasteiger charge is -2.32. The number of ether oxygens (including phenoxy) is 1. The fourth-order valence-electron chi connectivity index (χ4n) is 3.96. The van der Waals surface area contributed by atoms with Gasteiger partial charge in [-0.2, -0.15) is 4.31 Å². The van der Waals surface area contributed by atoms with E-state index in [-0.39, 0.29) is 22.6 Å². The number of sulfonamides is 1. The molecule has 0 radical (unpaired) electrons. The zero-order valence-corrected chi connectivity index (χ0v) is 14.9. The number of hydrogen-bond acceptors (Lipinski definition) is 4. The van der Waals surface area contributed by atoms with Gasteiger partial charge in [0.25, 0.3) is 6.43 Å². The minimum Gasteiger partial charge on any atom is -0.488 e. The predicted octanol–water partition coefficient (Wildman–Crippen LogP) is 2.74. The second-order valence-electron chi connectivity index (χ2n) is 6.71. The molecule has 0 aromatic heterocycles. The van der Waals surface area contributed by atoms with Crippen LogP contribution < -0.4 is 4.74 Å². The van der Waals surface area contributed by atoms with Crippen molar-refractivity contribution in [1.82, 2.24) is 4.31 Å². The summed E-state index contributed by atoms with van der Waals surface area (Å²) in [6.45, 7) is -0.775. The lowest BCUT2D eigenvalue weighted by molar-refractivity contribution is -0.141. The van der Waals surface area contributed by atoms with Crippen molar-refractivity contribution in [3.63, 3.8) is 0 Å². The van der Waals surface area contributed by atoms with Crippen LogP contribution in [-0.2, 0) is 14.8 Å². The van der Waals surface area contributed by atoms with E-state index in [1.807, 2.05) is 0 Å². The van der Waals surface area contributed by atoms with Crippen LogP contribution in [0.5, 0.6) is 5.75 Å². The zero-order valence-electron chi connectivity index (χ0n) is 14.1. The summed E-state index contributed by atoms with van der Waals surface area (Å²) in [4.78, 5) is 11.6. The summed E-state index contributed by atoms with van der Waals surface area (Å²) >= 11 is 0. The zero-order chi connectivity index (χ0) is 18.9. The van der Waals surface area contributed by atoms with Gasteiger partial charge in [0.05, 0.1) is 4.90 Å². The maximum Gasteiger partial charge on any atom is 0.322 e. The van der Waals surface area contributed by atoms with Crippen molar-refractivity contribution in [3.05, 3.63) is 24.3 Å². The predicted molar refractivity (Wildman–Crippen MR) is 88.8 cm³/mol. The molecule has 0 bridgehead atoms. The Hall–Kier alpha value is -1.74. The first-order valence-electron chi connectivity index (χ1n) is 8.58. The van der Waals surface area contributed by atoms with Crippen LogP contribution in [0.4, 0.5) is 8.78 Å². The van der Waals surface area contributed by atoms with Gasteiger partial charge in [-0.05, 0) is 49.4 Å². The average molecular weight is 389 g/mol. The summed E-state index contributed by atoms with van der Waals surface area (Å²) in [5, 5.41) is 9.51. The van der Waals surface area contributed by atoms with Gasteiger partial charge in [-0.1, -0.05) is 12.8 Å². The van der Waals surface area contributed by atoms with E-state index >= 15 is 0 Å². The van der Waals surface area contributed by atoms with Crippen molar-refractivity contribution in [2.45, 2.75) is 55.5 Å². The molecule has 1 saturated heterocycles. The highest BCUT2D eigenvalue weighted by Crippen LogP contribution is 2.42. The van der Waals surface area contributed by atoms with Crippen LogP contribution in [0.1, 0.15) is 32.1 Å². The molecule has 1 aromatic rings. The Morgan fingerprint density at radius 3 is 2.50 bits per heavy atom. The Labute approximate surface area is 150 Å². The van der Waals surface area contributed by atoms with Crippen LogP contribution in [0.2, 0.25) is 0 Å². The van der Waals surface area contributed by atoms with Gasteiger partial charge in [0.1, 0.15) is 18.4 Å². The van der Waals surface area contributed by atoms with Gasteiger partial charge in [-0.3, -0.25) is 4.79 Å². The molecule has 1 aromatic carbocycles. The van der Waals surface area contributed by atoms with E-state index in [4.69, 9.17) is 4.74 Å². The van der Waals surface area contributed by atoms with E-state index < -0.39 is 35.1 Å². The molecule has 0 spiro atoms. The lowest BCUT2D eigenvalue weighted by atomic mass is 9.85. The van der Waals surface area contributed by atoms with Crippen molar-refractivity contribution >= 4 is 16.0 Å². The van der Waals surface area contributed by atoms with Crippen LogP contribution in [0.15, 0.2) is 29.2 Å². The molecule has 3 atom stereocenters. The van der Waals surface area contributed by atoms with E-state index in [2.05, 4.69) is 0 Å². The second kappa shape index (κ2) is 7.48. The molecule has 2 aliphatic rings. The number of carboxylic acid groups (broad SMARTS) is 1.